The Bertz CT molecular complexity index is 637. The minimum Gasteiger partial charge on any atom is -0.478 e. The van der Waals surface area contributed by atoms with Crippen LogP contribution in [0.2, 0.25) is 0 Å². The van der Waals surface area contributed by atoms with Crippen LogP contribution >= 0.6 is 0 Å². The van der Waals surface area contributed by atoms with E-state index >= 15 is 0 Å². The average molecular weight is 325 g/mol. The molecule has 0 aliphatic heterocycles. The minimum absolute atomic E-state index is 0.157. The molecule has 0 saturated heterocycles. The van der Waals surface area contributed by atoms with Crippen LogP contribution < -0.4 is 5.32 Å². The molecule has 6 nitrogen and oxygen atoms in total. The van der Waals surface area contributed by atoms with Gasteiger partial charge in [-0.05, 0) is 24.3 Å². The summed E-state index contributed by atoms with van der Waals surface area (Å²) >= 11 is 0. The maximum atomic E-state index is 11.9. The number of sulfone groups is 1. The second kappa shape index (κ2) is 6.12. The highest BCUT2D eigenvalue weighted by Crippen LogP contribution is 2.14. The third kappa shape index (κ3) is 5.42. The van der Waals surface area contributed by atoms with Crippen molar-refractivity contribution >= 4 is 21.7 Å². The van der Waals surface area contributed by atoms with Crippen molar-refractivity contribution < 1.29 is 36.3 Å². The van der Waals surface area contributed by atoms with Crippen molar-refractivity contribution in [3.63, 3.8) is 0 Å². The fourth-order valence-corrected chi connectivity index (χ4v) is 2.48. The molecule has 0 saturated carbocycles. The van der Waals surface area contributed by atoms with Crippen molar-refractivity contribution in [2.45, 2.75) is 11.1 Å². The van der Waals surface area contributed by atoms with Gasteiger partial charge in [-0.25, -0.2) is 13.2 Å². The molecule has 0 spiro atoms. The number of aromatic carboxylic acids is 1. The smallest absolute Gasteiger partial charge is 0.405 e. The zero-order valence-electron chi connectivity index (χ0n) is 10.3. The molecule has 1 aromatic carbocycles. The molecule has 2 N–H and O–H groups in total. The Morgan fingerprint density at radius 3 is 2.10 bits per heavy atom. The van der Waals surface area contributed by atoms with E-state index in [2.05, 4.69) is 0 Å². The predicted molar refractivity (Wildman–Crippen MR) is 64.5 cm³/mol. The molecule has 0 unspecified atom stereocenters. The van der Waals surface area contributed by atoms with Crippen LogP contribution in [0.3, 0.4) is 0 Å². The highest BCUT2D eigenvalue weighted by atomic mass is 32.2. The molecule has 0 atom stereocenters. The first-order valence-corrected chi connectivity index (χ1v) is 7.06. The lowest BCUT2D eigenvalue weighted by Gasteiger charge is -2.09. The number of halogens is 3. The first kappa shape index (κ1) is 17.0. The van der Waals surface area contributed by atoms with Gasteiger partial charge in [0, 0.05) is 0 Å². The zero-order chi connectivity index (χ0) is 16.3. The van der Waals surface area contributed by atoms with Crippen LogP contribution in [0, 0.1) is 0 Å². The van der Waals surface area contributed by atoms with Crippen molar-refractivity contribution in [2.24, 2.45) is 0 Å². The van der Waals surface area contributed by atoms with E-state index in [9.17, 15) is 31.2 Å². The van der Waals surface area contributed by atoms with Gasteiger partial charge in [0.1, 0.15) is 12.3 Å². The second-order valence-electron chi connectivity index (χ2n) is 3.98. The third-order valence-electron chi connectivity index (χ3n) is 2.27. The summed E-state index contributed by atoms with van der Waals surface area (Å²) in [7, 11) is -4.14. The second-order valence-corrected chi connectivity index (χ2v) is 5.97. The van der Waals surface area contributed by atoms with Crippen molar-refractivity contribution in [1.82, 2.24) is 5.32 Å². The van der Waals surface area contributed by atoms with Gasteiger partial charge < -0.3 is 10.4 Å². The summed E-state index contributed by atoms with van der Waals surface area (Å²) in [6.07, 6.45) is -4.64. The van der Waals surface area contributed by atoms with E-state index in [0.717, 1.165) is 24.3 Å². The summed E-state index contributed by atoms with van der Waals surface area (Å²) in [6.45, 7) is -1.63. The van der Waals surface area contributed by atoms with Crippen LogP contribution in [0.5, 0.6) is 0 Å². The van der Waals surface area contributed by atoms with E-state index in [-0.39, 0.29) is 10.5 Å². The minimum atomic E-state index is -4.64. The van der Waals surface area contributed by atoms with Crippen molar-refractivity contribution in [2.75, 3.05) is 12.3 Å². The zero-order valence-corrected chi connectivity index (χ0v) is 11.2. The molecule has 0 aliphatic carbocycles. The number of carboxylic acids is 1. The number of benzene rings is 1. The van der Waals surface area contributed by atoms with Crippen molar-refractivity contribution in [3.8, 4) is 0 Å². The van der Waals surface area contributed by atoms with E-state index in [1.807, 2.05) is 0 Å². The van der Waals surface area contributed by atoms with Crippen LogP contribution in [-0.2, 0) is 14.6 Å². The van der Waals surface area contributed by atoms with Gasteiger partial charge in [0.2, 0.25) is 5.91 Å². The Labute approximate surface area is 117 Å². The number of amides is 1. The monoisotopic (exact) mass is 325 g/mol. The van der Waals surface area contributed by atoms with Crippen molar-refractivity contribution in [1.29, 1.82) is 0 Å². The summed E-state index contributed by atoms with van der Waals surface area (Å²) in [5.74, 6) is -3.72. The van der Waals surface area contributed by atoms with Crippen LogP contribution in [0.15, 0.2) is 29.2 Å². The molecule has 10 heteroatoms. The molecule has 116 valence electrons. The van der Waals surface area contributed by atoms with Crippen LogP contribution in [-0.4, -0.2) is 43.9 Å². The topological polar surface area (TPSA) is 101 Å². The van der Waals surface area contributed by atoms with Gasteiger partial charge in [-0.1, -0.05) is 0 Å². The summed E-state index contributed by atoms with van der Waals surface area (Å²) in [6, 6.07) is 3.97. The number of hydrogen-bond acceptors (Lipinski definition) is 4. The van der Waals surface area contributed by atoms with Gasteiger partial charge in [0.25, 0.3) is 0 Å². The summed E-state index contributed by atoms with van der Waals surface area (Å²) in [5, 5.41) is 10.1. The number of carboxylic acid groups (broad SMARTS) is 1. The lowest BCUT2D eigenvalue weighted by Crippen LogP contribution is -2.37. The summed E-state index contributed by atoms with van der Waals surface area (Å²) < 4.78 is 59.1. The Kier molecular flexibility index (Phi) is 4.94. The molecule has 0 fully saturated rings. The number of nitrogens with one attached hydrogen (secondary N) is 1. The summed E-state index contributed by atoms with van der Waals surface area (Å²) in [5.41, 5.74) is -0.157. The molecule has 0 aromatic heterocycles. The van der Waals surface area contributed by atoms with Crippen LogP contribution in [0.4, 0.5) is 13.2 Å². The number of alkyl halides is 3. The number of carbonyl (C=O) groups excluding carboxylic acids is 1. The van der Waals surface area contributed by atoms with E-state index in [1.54, 1.807) is 0 Å². The molecule has 1 rings (SSSR count). The largest absolute Gasteiger partial charge is 0.478 e. The van der Waals surface area contributed by atoms with Gasteiger partial charge in [-0.15, -0.1) is 0 Å². The maximum absolute atomic E-state index is 11.9. The summed E-state index contributed by atoms with van der Waals surface area (Å²) in [4.78, 5) is 21.4. The molecule has 0 aliphatic rings. The van der Waals surface area contributed by atoms with E-state index < -0.39 is 40.2 Å². The Morgan fingerprint density at radius 1 is 1.14 bits per heavy atom. The number of rotatable bonds is 5. The third-order valence-corrected chi connectivity index (χ3v) is 3.90. The highest BCUT2D eigenvalue weighted by molar-refractivity contribution is 7.92. The molecule has 1 aromatic rings. The van der Waals surface area contributed by atoms with Gasteiger partial charge in [0.15, 0.2) is 9.84 Å². The Hall–Kier alpha value is -2.10. The lowest BCUT2D eigenvalue weighted by molar-refractivity contribution is -0.137. The SMILES string of the molecule is O=C(CS(=O)(=O)c1ccc(C(=O)O)cc1)NCC(F)(F)F. The average Bonchev–Trinajstić information content (AvgIpc) is 2.35. The first-order valence-electron chi connectivity index (χ1n) is 5.41. The molecule has 0 radical (unpaired) electrons. The predicted octanol–water partition coefficient (Wildman–Crippen LogP) is 0.837. The van der Waals surface area contributed by atoms with Gasteiger partial charge >= 0.3 is 12.1 Å². The fraction of sp³-hybridized carbons (Fsp3) is 0.273. The standard InChI is InChI=1S/C11H10F3NO5S/c12-11(13,14)6-15-9(16)5-21(19,20)8-3-1-7(2-4-8)10(17)18/h1-4H,5-6H2,(H,15,16)(H,17,18). The van der Waals surface area contributed by atoms with Gasteiger partial charge in [-0.3, -0.25) is 4.79 Å². The van der Waals surface area contributed by atoms with Crippen LogP contribution in [0.25, 0.3) is 0 Å². The Morgan fingerprint density at radius 2 is 1.67 bits per heavy atom. The normalized spacial score (nSPS) is 12.0. The lowest BCUT2D eigenvalue weighted by atomic mass is 10.2. The van der Waals surface area contributed by atoms with Crippen molar-refractivity contribution in [3.05, 3.63) is 29.8 Å². The first-order chi connectivity index (χ1) is 9.51. The number of carbonyl (C=O) groups is 2. The maximum Gasteiger partial charge on any atom is 0.405 e. The van der Waals surface area contributed by atoms with Gasteiger partial charge in [0.05, 0.1) is 10.5 Å². The molecular weight excluding hydrogens is 315 g/mol. The van der Waals surface area contributed by atoms with E-state index in [0.29, 0.717) is 0 Å². The van der Waals surface area contributed by atoms with E-state index in [4.69, 9.17) is 5.11 Å². The van der Waals surface area contributed by atoms with Gasteiger partial charge in [-0.2, -0.15) is 13.2 Å². The fourth-order valence-electron chi connectivity index (χ4n) is 1.31. The Balaban J connectivity index is 2.77. The van der Waals surface area contributed by atoms with E-state index in [1.165, 1.54) is 5.32 Å². The molecular formula is C11H10F3NO5S. The number of hydrogen-bond donors (Lipinski definition) is 2. The quantitative estimate of drug-likeness (QED) is 0.835. The van der Waals surface area contributed by atoms with Crippen LogP contribution in [0.1, 0.15) is 10.4 Å². The highest BCUT2D eigenvalue weighted by Gasteiger charge is 2.29. The molecule has 0 bridgehead atoms. The molecule has 1 amide bonds. The molecule has 0 heterocycles. The molecule has 21 heavy (non-hydrogen) atoms.